The van der Waals surface area contributed by atoms with Gasteiger partial charge in [-0.3, -0.25) is 9.58 Å². The molecule has 1 aromatic rings. The van der Waals surface area contributed by atoms with Crippen LogP contribution in [0.15, 0.2) is 11.1 Å². The molecule has 0 radical (unpaired) electrons. The summed E-state index contributed by atoms with van der Waals surface area (Å²) in [7, 11) is -0.387. The summed E-state index contributed by atoms with van der Waals surface area (Å²) in [6, 6.07) is 2.19. The van der Waals surface area contributed by atoms with Gasteiger partial charge in [0.1, 0.15) is 0 Å². The Morgan fingerprint density at radius 3 is 2.46 bits per heavy atom. The molecule has 0 bridgehead atoms. The average Bonchev–Trinajstić information content (AvgIpc) is 3.17. The number of aromatic nitrogens is 2. The number of ether oxygens (including phenoxy) is 2. The van der Waals surface area contributed by atoms with Crippen molar-refractivity contribution in [3.63, 3.8) is 0 Å². The number of methoxy groups -OCH3 is 1. The minimum absolute atomic E-state index is 0.207. The first kappa shape index (κ1) is 18.8. The first-order valence-corrected chi connectivity index (χ1v) is 11.7. The second kappa shape index (κ2) is 6.42. The highest BCUT2D eigenvalue weighted by Gasteiger charge is 2.53. The molecule has 5 rings (SSSR count). The normalized spacial score (nSPS) is 29.7. The number of hydrogen-bond acceptors (Lipinski definition) is 6. The van der Waals surface area contributed by atoms with Crippen molar-refractivity contribution < 1.29 is 17.9 Å². The zero-order valence-corrected chi connectivity index (χ0v) is 17.6. The Labute approximate surface area is 166 Å². The van der Waals surface area contributed by atoms with Crippen molar-refractivity contribution >= 4 is 10.0 Å². The molecule has 1 saturated carbocycles. The van der Waals surface area contributed by atoms with E-state index in [0.29, 0.717) is 35.8 Å². The molecule has 0 N–H and O–H groups in total. The molecule has 1 aliphatic carbocycles. The topological polar surface area (TPSA) is 76.9 Å². The van der Waals surface area contributed by atoms with E-state index in [2.05, 4.69) is 10.00 Å². The van der Waals surface area contributed by atoms with E-state index in [1.807, 2.05) is 0 Å². The van der Waals surface area contributed by atoms with Gasteiger partial charge in [0.15, 0.2) is 5.03 Å². The summed E-state index contributed by atoms with van der Waals surface area (Å²) < 4.78 is 39.6. The van der Waals surface area contributed by atoms with Gasteiger partial charge in [-0.2, -0.15) is 4.31 Å². The SMILES string of the molecule is COc1cc(S(=O)(=O)N2CCC3(CCC(N4CC5(COC5)C4)C3)CC2)n(C)n1. The Balaban J connectivity index is 1.21. The zero-order valence-electron chi connectivity index (χ0n) is 16.8. The van der Waals surface area contributed by atoms with Crippen LogP contribution in [0, 0.1) is 10.8 Å². The van der Waals surface area contributed by atoms with E-state index in [9.17, 15) is 8.42 Å². The summed E-state index contributed by atoms with van der Waals surface area (Å²) in [6.45, 7) is 5.45. The Morgan fingerprint density at radius 1 is 1.18 bits per heavy atom. The van der Waals surface area contributed by atoms with Crippen LogP contribution in [0.1, 0.15) is 32.1 Å². The first-order valence-electron chi connectivity index (χ1n) is 10.2. The van der Waals surface area contributed by atoms with Crippen molar-refractivity contribution in [1.29, 1.82) is 0 Å². The molecule has 156 valence electrons. The van der Waals surface area contributed by atoms with Gasteiger partial charge in [0.25, 0.3) is 10.0 Å². The number of aryl methyl sites for hydroxylation is 1. The van der Waals surface area contributed by atoms with E-state index in [4.69, 9.17) is 9.47 Å². The lowest BCUT2D eigenvalue weighted by molar-refractivity contribution is -0.198. The highest BCUT2D eigenvalue weighted by molar-refractivity contribution is 7.89. The third kappa shape index (κ3) is 2.89. The molecular formula is C19H30N4O4S. The van der Waals surface area contributed by atoms with Gasteiger partial charge in [-0.1, -0.05) is 0 Å². The van der Waals surface area contributed by atoms with Crippen LogP contribution < -0.4 is 4.74 Å². The molecule has 0 amide bonds. The molecule has 4 fully saturated rings. The van der Waals surface area contributed by atoms with Gasteiger partial charge in [0.05, 0.1) is 20.3 Å². The van der Waals surface area contributed by atoms with Crippen molar-refractivity contribution in [3.05, 3.63) is 6.07 Å². The predicted octanol–water partition coefficient (Wildman–Crippen LogP) is 1.08. The summed E-state index contributed by atoms with van der Waals surface area (Å²) in [5, 5.41) is 4.31. The molecule has 1 atom stereocenters. The lowest BCUT2D eigenvalue weighted by Gasteiger charge is -2.57. The van der Waals surface area contributed by atoms with Crippen molar-refractivity contribution in [3.8, 4) is 5.88 Å². The second-order valence-corrected chi connectivity index (χ2v) is 11.2. The standard InChI is InChI=1S/C19H30N4O4S/c1-21-17(9-16(20-21)26-2)28(24,25)23-7-5-18(6-8-23)4-3-15(10-18)22-11-19(12-22)13-27-14-19/h9,15H,3-8,10-14H2,1-2H3. The quantitative estimate of drug-likeness (QED) is 0.739. The van der Waals surface area contributed by atoms with Crippen molar-refractivity contribution in [2.24, 2.45) is 17.9 Å². The Kier molecular flexibility index (Phi) is 4.32. The zero-order chi connectivity index (χ0) is 19.6. The molecule has 28 heavy (non-hydrogen) atoms. The molecule has 3 saturated heterocycles. The number of likely N-dealkylation sites (tertiary alicyclic amines) is 1. The van der Waals surface area contributed by atoms with Crippen LogP contribution >= 0.6 is 0 Å². The highest BCUT2D eigenvalue weighted by atomic mass is 32.2. The molecule has 4 heterocycles. The Bertz CT molecular complexity index is 847. The fourth-order valence-electron chi connectivity index (χ4n) is 5.69. The summed E-state index contributed by atoms with van der Waals surface area (Å²) in [6.07, 6.45) is 5.62. The lowest BCUT2D eigenvalue weighted by atomic mass is 9.75. The smallest absolute Gasteiger partial charge is 0.260 e. The van der Waals surface area contributed by atoms with Gasteiger partial charge >= 0.3 is 0 Å². The third-order valence-corrected chi connectivity index (χ3v) is 9.45. The van der Waals surface area contributed by atoms with Crippen LogP contribution in [-0.4, -0.2) is 79.9 Å². The van der Waals surface area contributed by atoms with Crippen molar-refractivity contribution in [2.75, 3.05) is 46.5 Å². The maximum absolute atomic E-state index is 13.1. The predicted molar refractivity (Wildman–Crippen MR) is 103 cm³/mol. The molecule has 8 nitrogen and oxygen atoms in total. The van der Waals surface area contributed by atoms with Crippen molar-refractivity contribution in [1.82, 2.24) is 19.0 Å². The van der Waals surface area contributed by atoms with Gasteiger partial charge in [-0.25, -0.2) is 8.42 Å². The third-order valence-electron chi connectivity index (χ3n) is 7.50. The van der Waals surface area contributed by atoms with Crippen LogP contribution in [0.5, 0.6) is 5.88 Å². The second-order valence-electron chi connectivity index (χ2n) is 9.35. The number of piperidine rings is 1. The molecule has 2 spiro atoms. The minimum Gasteiger partial charge on any atom is -0.480 e. The average molecular weight is 411 g/mol. The summed E-state index contributed by atoms with van der Waals surface area (Å²) >= 11 is 0. The molecular weight excluding hydrogens is 380 g/mol. The number of hydrogen-bond donors (Lipinski definition) is 0. The minimum atomic E-state index is -3.53. The summed E-state index contributed by atoms with van der Waals surface area (Å²) in [4.78, 5) is 2.64. The molecule has 4 aliphatic rings. The molecule has 0 aromatic carbocycles. The fourth-order valence-corrected chi connectivity index (χ4v) is 7.24. The maximum atomic E-state index is 13.1. The first-order chi connectivity index (χ1) is 13.3. The number of sulfonamides is 1. The largest absolute Gasteiger partial charge is 0.480 e. The molecule has 3 aliphatic heterocycles. The van der Waals surface area contributed by atoms with Crippen LogP contribution in [0.2, 0.25) is 0 Å². The molecule has 1 aromatic heterocycles. The van der Waals surface area contributed by atoms with Crippen LogP contribution in [-0.2, 0) is 21.8 Å². The summed E-state index contributed by atoms with van der Waals surface area (Å²) in [5.74, 6) is 0.331. The van der Waals surface area contributed by atoms with E-state index >= 15 is 0 Å². The van der Waals surface area contributed by atoms with E-state index in [0.717, 1.165) is 26.1 Å². The Morgan fingerprint density at radius 2 is 1.89 bits per heavy atom. The Hall–Kier alpha value is -1.16. The fraction of sp³-hybridized carbons (Fsp3) is 0.842. The van der Waals surface area contributed by atoms with E-state index in [1.165, 1.54) is 50.2 Å². The summed E-state index contributed by atoms with van der Waals surface area (Å²) in [5.41, 5.74) is 0.789. The van der Waals surface area contributed by atoms with Gasteiger partial charge in [-0.05, 0) is 37.5 Å². The van der Waals surface area contributed by atoms with Crippen LogP contribution in [0.3, 0.4) is 0 Å². The van der Waals surface area contributed by atoms with E-state index in [-0.39, 0.29) is 5.03 Å². The van der Waals surface area contributed by atoms with E-state index in [1.54, 1.807) is 11.4 Å². The molecule has 9 heteroatoms. The number of rotatable bonds is 4. The van der Waals surface area contributed by atoms with Crippen LogP contribution in [0.4, 0.5) is 0 Å². The molecule has 1 unspecified atom stereocenters. The monoisotopic (exact) mass is 410 g/mol. The maximum Gasteiger partial charge on any atom is 0.260 e. The van der Waals surface area contributed by atoms with Crippen molar-refractivity contribution in [2.45, 2.75) is 43.2 Å². The lowest BCUT2D eigenvalue weighted by Crippen LogP contribution is -2.67. The van der Waals surface area contributed by atoms with E-state index < -0.39 is 10.0 Å². The highest BCUT2D eigenvalue weighted by Crippen LogP contribution is 2.51. The van der Waals surface area contributed by atoms with Crippen LogP contribution in [0.25, 0.3) is 0 Å². The van der Waals surface area contributed by atoms with Gasteiger partial charge < -0.3 is 9.47 Å². The van der Waals surface area contributed by atoms with Gasteiger partial charge in [0.2, 0.25) is 5.88 Å². The van der Waals surface area contributed by atoms with Gasteiger partial charge in [-0.15, -0.1) is 5.10 Å². The van der Waals surface area contributed by atoms with Gasteiger partial charge in [0, 0.05) is 50.7 Å². The number of nitrogens with zero attached hydrogens (tertiary/aromatic N) is 4.